The number of hydrogen-bond donors (Lipinski definition) is 1. The second-order valence-electron chi connectivity index (χ2n) is 11.3. The van der Waals surface area contributed by atoms with E-state index in [2.05, 4.69) is 21.9 Å². The zero-order chi connectivity index (χ0) is 27.4. The Bertz CT molecular complexity index is 1160. The standard InChI is InChI=1S/C31H38ClF2N3O2/c32-26-5-1-23(2-6-26)28-9-11-31(12-15-37(16-13-31)29(34)10-14-33)21-25(28)22-35-17-19-36(20-18-35)27-7-3-24(4-8-27)30(38)39/h1-8,29H,9-22H2,(H,38,39). The topological polar surface area (TPSA) is 47.0 Å². The zero-order valence-electron chi connectivity index (χ0n) is 22.4. The average Bonchev–Trinajstić information content (AvgIpc) is 2.95. The van der Waals surface area contributed by atoms with Crippen molar-refractivity contribution in [3.63, 3.8) is 0 Å². The SMILES string of the molecule is O=C(O)c1ccc(N2CCN(CC3=C(c4ccc(Cl)cc4)CCC4(CCN(C(F)CCF)CC4)C3)CC2)cc1. The molecule has 1 unspecified atom stereocenters. The maximum absolute atomic E-state index is 14.4. The smallest absolute Gasteiger partial charge is 0.335 e. The lowest BCUT2D eigenvalue weighted by atomic mass is 9.65. The molecule has 2 aromatic carbocycles. The number of carboxylic acids is 1. The van der Waals surface area contributed by atoms with Crippen molar-refractivity contribution < 1.29 is 18.7 Å². The molecule has 0 amide bonds. The van der Waals surface area contributed by atoms with Crippen molar-refractivity contribution >= 4 is 28.8 Å². The lowest BCUT2D eigenvalue weighted by Crippen LogP contribution is -2.48. The molecule has 1 atom stereocenters. The Labute approximate surface area is 235 Å². The first-order valence-electron chi connectivity index (χ1n) is 14.1. The molecule has 0 saturated carbocycles. The van der Waals surface area contributed by atoms with Crippen LogP contribution in [0.3, 0.4) is 0 Å². The molecule has 0 radical (unpaired) electrons. The van der Waals surface area contributed by atoms with Gasteiger partial charge in [-0.1, -0.05) is 29.3 Å². The van der Waals surface area contributed by atoms with Crippen molar-refractivity contribution in [2.24, 2.45) is 5.41 Å². The second kappa shape index (κ2) is 12.4. The van der Waals surface area contributed by atoms with Crippen molar-refractivity contribution in [2.45, 2.75) is 44.8 Å². The number of carbonyl (C=O) groups is 1. The summed E-state index contributed by atoms with van der Waals surface area (Å²) in [5, 5.41) is 9.92. The molecule has 8 heteroatoms. The van der Waals surface area contributed by atoms with Gasteiger partial charge in [-0.05, 0) is 85.1 Å². The van der Waals surface area contributed by atoms with Gasteiger partial charge < -0.3 is 10.0 Å². The maximum Gasteiger partial charge on any atom is 0.335 e. The van der Waals surface area contributed by atoms with Gasteiger partial charge in [-0.3, -0.25) is 14.2 Å². The summed E-state index contributed by atoms with van der Waals surface area (Å²) in [5.41, 5.74) is 5.70. The molecule has 39 heavy (non-hydrogen) atoms. The van der Waals surface area contributed by atoms with Crippen LogP contribution < -0.4 is 4.90 Å². The zero-order valence-corrected chi connectivity index (χ0v) is 23.2. The predicted molar refractivity (Wildman–Crippen MR) is 153 cm³/mol. The summed E-state index contributed by atoms with van der Waals surface area (Å²) in [6.45, 7) is 5.36. The minimum Gasteiger partial charge on any atom is -0.478 e. The van der Waals surface area contributed by atoms with Crippen LogP contribution in [0.4, 0.5) is 14.5 Å². The molecule has 1 aliphatic carbocycles. The highest BCUT2D eigenvalue weighted by Crippen LogP contribution is 2.49. The van der Waals surface area contributed by atoms with Gasteiger partial charge in [0, 0.05) is 62.9 Å². The van der Waals surface area contributed by atoms with Crippen molar-refractivity contribution in [3.05, 3.63) is 70.3 Å². The summed E-state index contributed by atoms with van der Waals surface area (Å²) < 4.78 is 27.1. The first kappa shape index (κ1) is 28.1. The lowest BCUT2D eigenvalue weighted by Gasteiger charge is -2.47. The number of rotatable bonds is 8. The fraction of sp³-hybridized carbons (Fsp3) is 0.516. The summed E-state index contributed by atoms with van der Waals surface area (Å²) in [7, 11) is 0. The lowest BCUT2D eigenvalue weighted by molar-refractivity contribution is 0.00514. The number of piperidine rings is 1. The fourth-order valence-electron chi connectivity index (χ4n) is 6.59. The molecule has 2 heterocycles. The van der Waals surface area contributed by atoms with E-state index in [-0.39, 0.29) is 11.8 Å². The van der Waals surface area contributed by atoms with Crippen LogP contribution in [0.15, 0.2) is 54.1 Å². The second-order valence-corrected chi connectivity index (χ2v) is 11.8. The van der Waals surface area contributed by atoms with E-state index in [4.69, 9.17) is 11.6 Å². The molecular formula is C31H38ClF2N3O2. The van der Waals surface area contributed by atoms with Crippen LogP contribution in [0.5, 0.6) is 0 Å². The first-order valence-corrected chi connectivity index (χ1v) is 14.5. The fourth-order valence-corrected chi connectivity index (χ4v) is 6.72. The Hall–Kier alpha value is -2.48. The normalized spacial score (nSPS) is 21.4. The number of likely N-dealkylation sites (tertiary alicyclic amines) is 1. The highest BCUT2D eigenvalue weighted by atomic mass is 35.5. The number of carboxylic acid groups (broad SMARTS) is 1. The van der Waals surface area contributed by atoms with Crippen molar-refractivity contribution in [1.29, 1.82) is 0 Å². The number of anilines is 1. The molecule has 3 aliphatic rings. The number of halogens is 3. The molecule has 0 aromatic heterocycles. The van der Waals surface area contributed by atoms with Gasteiger partial charge in [0.05, 0.1) is 12.2 Å². The number of allylic oxidation sites excluding steroid dienone is 1. The van der Waals surface area contributed by atoms with Crippen LogP contribution in [0, 0.1) is 5.41 Å². The van der Waals surface area contributed by atoms with Gasteiger partial charge in [-0.2, -0.15) is 0 Å². The third-order valence-electron chi connectivity index (χ3n) is 8.98. The molecule has 1 spiro atoms. The van der Waals surface area contributed by atoms with E-state index in [1.54, 1.807) is 12.1 Å². The summed E-state index contributed by atoms with van der Waals surface area (Å²) in [4.78, 5) is 17.9. The molecule has 5 rings (SSSR count). The highest BCUT2D eigenvalue weighted by Gasteiger charge is 2.40. The number of alkyl halides is 2. The molecule has 2 aromatic rings. The Morgan fingerprint density at radius 2 is 1.62 bits per heavy atom. The minimum absolute atomic E-state index is 0.0332. The van der Waals surface area contributed by atoms with Gasteiger partial charge in [0.25, 0.3) is 0 Å². The molecule has 2 fully saturated rings. The van der Waals surface area contributed by atoms with E-state index < -0.39 is 18.9 Å². The number of aromatic carboxylic acids is 1. The Morgan fingerprint density at radius 1 is 0.949 bits per heavy atom. The van der Waals surface area contributed by atoms with E-state index in [9.17, 15) is 18.7 Å². The average molecular weight is 558 g/mol. The van der Waals surface area contributed by atoms with Crippen LogP contribution in [-0.2, 0) is 0 Å². The van der Waals surface area contributed by atoms with Crippen molar-refractivity contribution in [2.75, 3.05) is 57.4 Å². The quantitative estimate of drug-likeness (QED) is 0.374. The van der Waals surface area contributed by atoms with Gasteiger partial charge >= 0.3 is 5.97 Å². The predicted octanol–water partition coefficient (Wildman–Crippen LogP) is 6.54. The molecule has 0 bridgehead atoms. The van der Waals surface area contributed by atoms with Crippen molar-refractivity contribution in [3.8, 4) is 0 Å². The summed E-state index contributed by atoms with van der Waals surface area (Å²) in [5.74, 6) is -0.906. The van der Waals surface area contributed by atoms with Gasteiger partial charge in [-0.15, -0.1) is 0 Å². The van der Waals surface area contributed by atoms with E-state index in [0.717, 1.165) is 75.5 Å². The van der Waals surface area contributed by atoms with E-state index in [0.29, 0.717) is 18.7 Å². The largest absolute Gasteiger partial charge is 0.478 e. The van der Waals surface area contributed by atoms with Crippen LogP contribution >= 0.6 is 11.6 Å². The first-order chi connectivity index (χ1) is 18.9. The Morgan fingerprint density at radius 3 is 2.23 bits per heavy atom. The Balaban J connectivity index is 1.28. The summed E-state index contributed by atoms with van der Waals surface area (Å²) >= 11 is 6.19. The van der Waals surface area contributed by atoms with Gasteiger partial charge in [0.1, 0.15) is 0 Å². The van der Waals surface area contributed by atoms with Gasteiger partial charge in [0.2, 0.25) is 0 Å². The molecular weight excluding hydrogens is 520 g/mol. The van der Waals surface area contributed by atoms with E-state index in [1.165, 1.54) is 16.7 Å². The Kier molecular flexibility index (Phi) is 8.89. The van der Waals surface area contributed by atoms with Crippen LogP contribution in [0.2, 0.25) is 5.02 Å². The van der Waals surface area contributed by atoms with Crippen LogP contribution in [0.25, 0.3) is 5.57 Å². The number of benzene rings is 2. The van der Waals surface area contributed by atoms with Gasteiger partial charge in [0.15, 0.2) is 6.30 Å². The highest BCUT2D eigenvalue weighted by molar-refractivity contribution is 6.30. The maximum atomic E-state index is 14.4. The van der Waals surface area contributed by atoms with Crippen molar-refractivity contribution in [1.82, 2.24) is 9.80 Å². The molecule has 210 valence electrons. The summed E-state index contributed by atoms with van der Waals surface area (Å²) in [6, 6.07) is 15.3. The van der Waals surface area contributed by atoms with Crippen LogP contribution in [0.1, 0.15) is 54.4 Å². The molecule has 2 saturated heterocycles. The third kappa shape index (κ3) is 6.64. The molecule has 5 nitrogen and oxygen atoms in total. The molecule has 1 N–H and O–H groups in total. The van der Waals surface area contributed by atoms with E-state index >= 15 is 0 Å². The number of nitrogens with zero attached hydrogens (tertiary/aromatic N) is 3. The minimum atomic E-state index is -1.17. The number of piperazine rings is 1. The number of hydrogen-bond acceptors (Lipinski definition) is 4. The van der Waals surface area contributed by atoms with Gasteiger partial charge in [-0.25, -0.2) is 9.18 Å². The monoisotopic (exact) mass is 557 g/mol. The van der Waals surface area contributed by atoms with Crippen LogP contribution in [-0.4, -0.2) is 79.7 Å². The summed E-state index contributed by atoms with van der Waals surface area (Å²) in [6.07, 6.45) is 3.84. The molecule has 2 aliphatic heterocycles. The van der Waals surface area contributed by atoms with E-state index in [1.807, 2.05) is 29.2 Å². The third-order valence-corrected chi connectivity index (χ3v) is 9.23.